The summed E-state index contributed by atoms with van der Waals surface area (Å²) in [7, 11) is 0. The lowest BCUT2D eigenvalue weighted by atomic mass is 10.1. The number of hydrogen-bond donors (Lipinski definition) is 4. The number of phenolic OH excluding ortho intramolecular Hbond substituents is 4. The molecule has 0 saturated heterocycles. The highest BCUT2D eigenvalue weighted by Crippen LogP contribution is 2.26. The van der Waals surface area contributed by atoms with E-state index in [0.29, 0.717) is 5.56 Å². The van der Waals surface area contributed by atoms with Crippen molar-refractivity contribution in [1.29, 1.82) is 0 Å². The number of aromatic hydroxyl groups is 4. The molecule has 0 aliphatic carbocycles. The minimum atomic E-state index is -0.779. The Hall–Kier alpha value is -3.48. The molecule has 0 spiro atoms. The second-order valence-electron chi connectivity index (χ2n) is 4.82. The van der Waals surface area contributed by atoms with Crippen LogP contribution < -0.4 is 0 Å². The van der Waals surface area contributed by atoms with E-state index >= 15 is 0 Å². The predicted octanol–water partition coefficient (Wildman–Crippen LogP) is 1.95. The van der Waals surface area contributed by atoms with Gasteiger partial charge in [-0.1, -0.05) is 6.07 Å². The van der Waals surface area contributed by atoms with Gasteiger partial charge in [-0.05, 0) is 42.0 Å². The number of benzene rings is 2. The van der Waals surface area contributed by atoms with Gasteiger partial charge in [0.1, 0.15) is 0 Å². The molecule has 0 aliphatic heterocycles. The number of esters is 1. The third kappa shape index (κ3) is 4.26. The molecule has 0 radical (unpaired) electrons. The van der Waals surface area contributed by atoms with Crippen molar-refractivity contribution in [1.82, 2.24) is 0 Å². The molecule has 0 aromatic heterocycles. The van der Waals surface area contributed by atoms with Crippen molar-refractivity contribution in [3.63, 3.8) is 0 Å². The van der Waals surface area contributed by atoms with E-state index in [1.165, 1.54) is 30.3 Å². The molecule has 0 bridgehead atoms. The average Bonchev–Trinajstić information content (AvgIpc) is 2.56. The molecule has 2 aromatic rings. The Morgan fingerprint density at radius 2 is 1.50 bits per heavy atom. The Balaban J connectivity index is 1.92. The van der Waals surface area contributed by atoms with Gasteiger partial charge in [0, 0.05) is 11.6 Å². The van der Waals surface area contributed by atoms with Crippen LogP contribution >= 0.6 is 0 Å². The van der Waals surface area contributed by atoms with Crippen molar-refractivity contribution in [2.45, 2.75) is 0 Å². The topological polar surface area (TPSA) is 124 Å². The van der Waals surface area contributed by atoms with Gasteiger partial charge in [0.2, 0.25) is 0 Å². The summed E-state index contributed by atoms with van der Waals surface area (Å²) in [6.45, 7) is -0.534. The summed E-state index contributed by atoms with van der Waals surface area (Å²) in [6, 6.07) is 7.51. The van der Waals surface area contributed by atoms with Gasteiger partial charge in [-0.15, -0.1) is 0 Å². The summed E-state index contributed by atoms with van der Waals surface area (Å²) in [5.74, 6) is -2.73. The monoisotopic (exact) mass is 330 g/mol. The van der Waals surface area contributed by atoms with Crippen molar-refractivity contribution in [2.75, 3.05) is 6.61 Å². The van der Waals surface area contributed by atoms with E-state index in [-0.39, 0.29) is 22.8 Å². The molecule has 0 heterocycles. The zero-order chi connectivity index (χ0) is 17.7. The minimum absolute atomic E-state index is 0.0885. The quantitative estimate of drug-likeness (QED) is 0.286. The van der Waals surface area contributed by atoms with Crippen LogP contribution in [0.2, 0.25) is 0 Å². The third-order valence-electron chi connectivity index (χ3n) is 3.05. The number of carbonyl (C=O) groups is 2. The first-order chi connectivity index (χ1) is 11.4. The molecule has 7 nitrogen and oxygen atoms in total. The maximum absolute atomic E-state index is 11.8. The Morgan fingerprint density at radius 1 is 0.875 bits per heavy atom. The Kier molecular flexibility index (Phi) is 5.06. The maximum Gasteiger partial charge on any atom is 0.331 e. The molecule has 124 valence electrons. The van der Waals surface area contributed by atoms with Gasteiger partial charge >= 0.3 is 5.97 Å². The van der Waals surface area contributed by atoms with Gasteiger partial charge in [0.05, 0.1) is 0 Å². The fraction of sp³-hybridized carbons (Fsp3) is 0.0588. The maximum atomic E-state index is 11.8. The standard InChI is InChI=1S/C17H14O7/c18-12-4-1-10(7-14(12)20)2-6-17(23)24-9-16(22)11-3-5-13(19)15(21)8-11/h1-8,18-21H,9H2/b6-2+. The zero-order valence-electron chi connectivity index (χ0n) is 12.3. The van der Waals surface area contributed by atoms with Crippen LogP contribution in [-0.2, 0) is 9.53 Å². The molecule has 0 atom stereocenters. The molecule has 0 aliphatic rings. The van der Waals surface area contributed by atoms with E-state index in [1.54, 1.807) is 0 Å². The van der Waals surface area contributed by atoms with E-state index in [9.17, 15) is 24.9 Å². The molecule has 0 amide bonds. The molecule has 24 heavy (non-hydrogen) atoms. The van der Waals surface area contributed by atoms with Crippen LogP contribution in [-0.4, -0.2) is 38.8 Å². The van der Waals surface area contributed by atoms with Crippen LogP contribution in [0.4, 0.5) is 0 Å². The first-order valence-corrected chi connectivity index (χ1v) is 6.79. The number of ether oxygens (including phenoxy) is 1. The van der Waals surface area contributed by atoms with E-state index in [4.69, 9.17) is 9.84 Å². The lowest BCUT2D eigenvalue weighted by Gasteiger charge is -2.03. The Labute approximate surface area is 136 Å². The Morgan fingerprint density at radius 3 is 2.12 bits per heavy atom. The molecule has 0 saturated carbocycles. The number of phenols is 4. The molecule has 4 N–H and O–H groups in total. The lowest BCUT2D eigenvalue weighted by molar-refractivity contribution is -0.136. The van der Waals surface area contributed by atoms with Crippen LogP contribution in [0.5, 0.6) is 23.0 Å². The molecule has 2 rings (SSSR count). The molecular weight excluding hydrogens is 316 g/mol. The SMILES string of the molecule is O=C(/C=C/c1ccc(O)c(O)c1)OCC(=O)c1ccc(O)c(O)c1. The first-order valence-electron chi connectivity index (χ1n) is 6.79. The number of Topliss-reactive ketones (excluding diaryl/α,β-unsaturated/α-hetero) is 1. The van der Waals surface area contributed by atoms with E-state index < -0.39 is 24.1 Å². The van der Waals surface area contributed by atoms with Crippen LogP contribution in [0.3, 0.4) is 0 Å². The average molecular weight is 330 g/mol. The summed E-state index contributed by atoms with van der Waals surface area (Å²) in [5.41, 5.74) is 0.544. The van der Waals surface area contributed by atoms with E-state index in [0.717, 1.165) is 18.2 Å². The number of hydrogen-bond acceptors (Lipinski definition) is 7. The Bertz CT molecular complexity index is 809. The van der Waals surface area contributed by atoms with Gasteiger partial charge in [-0.25, -0.2) is 4.79 Å². The summed E-state index contributed by atoms with van der Waals surface area (Å²) < 4.78 is 4.77. The fourth-order valence-corrected chi connectivity index (χ4v) is 1.77. The largest absolute Gasteiger partial charge is 0.504 e. The van der Waals surface area contributed by atoms with E-state index in [2.05, 4.69) is 0 Å². The highest BCUT2D eigenvalue weighted by atomic mass is 16.5. The van der Waals surface area contributed by atoms with Gasteiger partial charge in [0.15, 0.2) is 35.4 Å². The highest BCUT2D eigenvalue weighted by Gasteiger charge is 2.11. The number of ketones is 1. The molecule has 0 fully saturated rings. The molecule has 2 aromatic carbocycles. The normalized spacial score (nSPS) is 10.7. The summed E-state index contributed by atoms with van der Waals surface area (Å²) in [4.78, 5) is 23.4. The molecule has 0 unspecified atom stereocenters. The van der Waals surface area contributed by atoms with Crippen molar-refractivity contribution >= 4 is 17.8 Å². The summed E-state index contributed by atoms with van der Waals surface area (Å²) in [5, 5.41) is 37.0. The van der Waals surface area contributed by atoms with Crippen LogP contribution in [0, 0.1) is 0 Å². The lowest BCUT2D eigenvalue weighted by Crippen LogP contribution is -2.12. The zero-order valence-corrected chi connectivity index (χ0v) is 12.3. The van der Waals surface area contributed by atoms with Gasteiger partial charge in [0.25, 0.3) is 0 Å². The van der Waals surface area contributed by atoms with E-state index in [1.807, 2.05) is 0 Å². The fourth-order valence-electron chi connectivity index (χ4n) is 1.77. The first kappa shape index (κ1) is 16.9. The summed E-state index contributed by atoms with van der Waals surface area (Å²) >= 11 is 0. The van der Waals surface area contributed by atoms with Crippen molar-refractivity contribution in [2.24, 2.45) is 0 Å². The predicted molar refractivity (Wildman–Crippen MR) is 83.9 cm³/mol. The second-order valence-corrected chi connectivity index (χ2v) is 4.82. The van der Waals surface area contributed by atoms with Crippen LogP contribution in [0.1, 0.15) is 15.9 Å². The van der Waals surface area contributed by atoms with Crippen LogP contribution in [0.15, 0.2) is 42.5 Å². The number of carbonyl (C=O) groups excluding carboxylic acids is 2. The van der Waals surface area contributed by atoms with Crippen molar-refractivity contribution in [3.05, 3.63) is 53.6 Å². The van der Waals surface area contributed by atoms with Gasteiger partial charge < -0.3 is 25.2 Å². The summed E-state index contributed by atoms with van der Waals surface area (Å²) in [6.07, 6.45) is 2.41. The minimum Gasteiger partial charge on any atom is -0.504 e. The van der Waals surface area contributed by atoms with Crippen LogP contribution in [0.25, 0.3) is 6.08 Å². The van der Waals surface area contributed by atoms with Crippen molar-refractivity contribution in [3.8, 4) is 23.0 Å². The number of rotatable bonds is 5. The highest BCUT2D eigenvalue weighted by molar-refractivity contribution is 5.99. The van der Waals surface area contributed by atoms with Gasteiger partial charge in [-0.2, -0.15) is 0 Å². The third-order valence-corrected chi connectivity index (χ3v) is 3.05. The van der Waals surface area contributed by atoms with Crippen molar-refractivity contribution < 1.29 is 34.8 Å². The smallest absolute Gasteiger partial charge is 0.331 e. The second kappa shape index (κ2) is 7.19. The molecule has 7 heteroatoms. The molecular formula is C17H14O7. The van der Waals surface area contributed by atoms with Gasteiger partial charge in [-0.3, -0.25) is 4.79 Å².